The Kier molecular flexibility index (Phi) is 6.98. The molecule has 1 saturated carbocycles. The van der Waals surface area contributed by atoms with Crippen LogP contribution in [0, 0.1) is 0 Å². The molecule has 1 aliphatic rings. The lowest BCUT2D eigenvalue weighted by Crippen LogP contribution is -2.42. The number of hydrogen-bond acceptors (Lipinski definition) is 4. The van der Waals surface area contributed by atoms with Crippen molar-refractivity contribution in [2.24, 2.45) is 0 Å². The molecule has 0 radical (unpaired) electrons. The average Bonchev–Trinajstić information content (AvgIpc) is 2.38. The molecule has 0 unspecified atom stereocenters. The van der Waals surface area contributed by atoms with E-state index in [0.29, 0.717) is 13.0 Å². The van der Waals surface area contributed by atoms with Gasteiger partial charge in [0.05, 0.1) is 5.75 Å². The fourth-order valence-electron chi connectivity index (χ4n) is 2.40. The SMILES string of the molecule is CNCCCS(=O)(=O)NCC1(SC)CCCCC1. The fourth-order valence-corrected chi connectivity index (χ4v) is 4.57. The highest BCUT2D eigenvalue weighted by Gasteiger charge is 2.32. The Morgan fingerprint density at radius 3 is 2.44 bits per heavy atom. The topological polar surface area (TPSA) is 58.2 Å². The maximum atomic E-state index is 11.9. The predicted octanol–water partition coefficient (Wildman–Crippen LogP) is 1.58. The standard InChI is InChI=1S/C12H26N2O2S2/c1-13-9-6-10-18(15,16)14-11-12(17-2)7-4-3-5-8-12/h13-14H,3-11H2,1-2H3. The highest BCUT2D eigenvalue weighted by atomic mass is 32.2. The normalized spacial score (nSPS) is 19.9. The Labute approximate surface area is 116 Å². The Hall–Kier alpha value is 0.220. The molecule has 1 fully saturated rings. The molecule has 0 spiro atoms. The van der Waals surface area contributed by atoms with Gasteiger partial charge in [0.2, 0.25) is 10.0 Å². The van der Waals surface area contributed by atoms with Crippen molar-refractivity contribution in [3.8, 4) is 0 Å². The maximum Gasteiger partial charge on any atom is 0.211 e. The van der Waals surface area contributed by atoms with Crippen molar-refractivity contribution in [3.05, 3.63) is 0 Å². The average molecular weight is 294 g/mol. The number of hydrogen-bond donors (Lipinski definition) is 2. The molecule has 0 heterocycles. The largest absolute Gasteiger partial charge is 0.320 e. The highest BCUT2D eigenvalue weighted by Crippen LogP contribution is 2.38. The van der Waals surface area contributed by atoms with Crippen molar-refractivity contribution in [2.45, 2.75) is 43.3 Å². The van der Waals surface area contributed by atoms with Crippen LogP contribution in [0.2, 0.25) is 0 Å². The van der Waals surface area contributed by atoms with Crippen LogP contribution in [0.1, 0.15) is 38.5 Å². The molecule has 6 heteroatoms. The third-order valence-electron chi connectivity index (χ3n) is 3.65. The summed E-state index contributed by atoms with van der Waals surface area (Å²) in [6, 6.07) is 0. The number of thioether (sulfide) groups is 1. The summed E-state index contributed by atoms with van der Waals surface area (Å²) < 4.78 is 26.7. The number of sulfonamides is 1. The van der Waals surface area contributed by atoms with Gasteiger partial charge in [-0.3, -0.25) is 0 Å². The summed E-state index contributed by atoms with van der Waals surface area (Å²) in [7, 11) is -1.27. The van der Waals surface area contributed by atoms with E-state index in [1.54, 1.807) is 0 Å². The van der Waals surface area contributed by atoms with Crippen molar-refractivity contribution >= 4 is 21.8 Å². The molecule has 0 saturated heterocycles. The van der Waals surface area contributed by atoms with Crippen LogP contribution >= 0.6 is 11.8 Å². The quantitative estimate of drug-likeness (QED) is 0.667. The molecular weight excluding hydrogens is 268 g/mol. The first-order valence-electron chi connectivity index (χ1n) is 6.71. The van der Waals surface area contributed by atoms with Crippen LogP contribution in [0.25, 0.3) is 0 Å². The molecule has 0 atom stereocenters. The zero-order chi connectivity index (χ0) is 13.5. The molecule has 4 nitrogen and oxygen atoms in total. The van der Waals surface area contributed by atoms with Gasteiger partial charge in [0.15, 0.2) is 0 Å². The first kappa shape index (κ1) is 16.3. The molecule has 0 aromatic rings. The van der Waals surface area contributed by atoms with E-state index in [4.69, 9.17) is 0 Å². The predicted molar refractivity (Wildman–Crippen MR) is 79.7 cm³/mol. The molecule has 0 aromatic heterocycles. The Morgan fingerprint density at radius 1 is 1.22 bits per heavy atom. The minimum atomic E-state index is -3.10. The van der Waals surface area contributed by atoms with E-state index in [-0.39, 0.29) is 10.5 Å². The van der Waals surface area contributed by atoms with E-state index in [0.717, 1.165) is 19.4 Å². The van der Waals surface area contributed by atoms with Crippen LogP contribution in [-0.2, 0) is 10.0 Å². The van der Waals surface area contributed by atoms with E-state index in [2.05, 4.69) is 16.3 Å². The zero-order valence-corrected chi connectivity index (χ0v) is 13.1. The third-order valence-corrected chi connectivity index (χ3v) is 6.48. The van der Waals surface area contributed by atoms with Gasteiger partial charge in [0, 0.05) is 11.3 Å². The van der Waals surface area contributed by atoms with Gasteiger partial charge in [0.25, 0.3) is 0 Å². The summed E-state index contributed by atoms with van der Waals surface area (Å²) in [5.41, 5.74) is 0. The third kappa shape index (κ3) is 5.47. The highest BCUT2D eigenvalue weighted by molar-refractivity contribution is 8.00. The van der Waals surface area contributed by atoms with E-state index in [9.17, 15) is 8.42 Å². The van der Waals surface area contributed by atoms with Crippen LogP contribution in [0.5, 0.6) is 0 Å². The second-order valence-corrected chi connectivity index (χ2v) is 8.25. The lowest BCUT2D eigenvalue weighted by molar-refractivity contribution is 0.395. The first-order valence-corrected chi connectivity index (χ1v) is 9.58. The van der Waals surface area contributed by atoms with Crippen LogP contribution in [-0.4, -0.2) is 45.3 Å². The summed E-state index contributed by atoms with van der Waals surface area (Å²) in [5, 5.41) is 2.97. The molecule has 108 valence electrons. The van der Waals surface area contributed by atoms with Gasteiger partial charge in [-0.15, -0.1) is 0 Å². The van der Waals surface area contributed by atoms with Crippen molar-refractivity contribution < 1.29 is 8.42 Å². The second-order valence-electron chi connectivity index (χ2n) is 5.04. The smallest absolute Gasteiger partial charge is 0.211 e. The summed E-state index contributed by atoms with van der Waals surface area (Å²) in [4.78, 5) is 0. The molecule has 0 aliphatic heterocycles. The van der Waals surface area contributed by atoms with E-state index in [1.165, 1.54) is 19.3 Å². The Bertz CT molecular complexity index is 325. The van der Waals surface area contributed by atoms with Crippen LogP contribution in [0.15, 0.2) is 0 Å². The van der Waals surface area contributed by atoms with Crippen molar-refractivity contribution in [1.29, 1.82) is 0 Å². The lowest BCUT2D eigenvalue weighted by Gasteiger charge is -2.35. The van der Waals surface area contributed by atoms with Gasteiger partial charge in [-0.2, -0.15) is 11.8 Å². The van der Waals surface area contributed by atoms with Crippen molar-refractivity contribution in [2.75, 3.05) is 32.1 Å². The van der Waals surface area contributed by atoms with E-state index >= 15 is 0 Å². The van der Waals surface area contributed by atoms with Gasteiger partial charge < -0.3 is 5.32 Å². The van der Waals surface area contributed by atoms with Crippen LogP contribution in [0.3, 0.4) is 0 Å². The maximum absolute atomic E-state index is 11.9. The van der Waals surface area contributed by atoms with Gasteiger partial charge in [-0.1, -0.05) is 19.3 Å². The van der Waals surface area contributed by atoms with Gasteiger partial charge in [0.1, 0.15) is 0 Å². The molecular formula is C12H26N2O2S2. The molecule has 0 aromatic carbocycles. The zero-order valence-electron chi connectivity index (χ0n) is 11.5. The molecule has 18 heavy (non-hydrogen) atoms. The molecule has 2 N–H and O–H groups in total. The summed E-state index contributed by atoms with van der Waals surface area (Å²) in [5.74, 6) is 0.221. The van der Waals surface area contributed by atoms with Gasteiger partial charge in [-0.05, 0) is 39.1 Å². The summed E-state index contributed by atoms with van der Waals surface area (Å²) in [6.07, 6.45) is 8.76. The first-order chi connectivity index (χ1) is 8.54. The minimum absolute atomic E-state index is 0.133. The molecule has 1 rings (SSSR count). The van der Waals surface area contributed by atoms with Gasteiger partial charge in [-0.25, -0.2) is 13.1 Å². The summed E-state index contributed by atoms with van der Waals surface area (Å²) in [6.45, 7) is 1.34. The minimum Gasteiger partial charge on any atom is -0.320 e. The van der Waals surface area contributed by atoms with E-state index in [1.807, 2.05) is 18.8 Å². The van der Waals surface area contributed by atoms with Crippen molar-refractivity contribution in [3.63, 3.8) is 0 Å². The molecule has 0 amide bonds. The molecule has 1 aliphatic carbocycles. The molecule has 0 bridgehead atoms. The number of rotatable bonds is 8. The summed E-state index contributed by atoms with van der Waals surface area (Å²) >= 11 is 1.82. The van der Waals surface area contributed by atoms with E-state index < -0.39 is 10.0 Å². The fraction of sp³-hybridized carbons (Fsp3) is 1.00. The van der Waals surface area contributed by atoms with Crippen molar-refractivity contribution in [1.82, 2.24) is 10.0 Å². The Morgan fingerprint density at radius 2 is 1.89 bits per heavy atom. The van der Waals surface area contributed by atoms with Crippen LogP contribution < -0.4 is 10.0 Å². The second kappa shape index (κ2) is 7.72. The van der Waals surface area contributed by atoms with Crippen LogP contribution in [0.4, 0.5) is 0 Å². The number of nitrogens with one attached hydrogen (secondary N) is 2. The lowest BCUT2D eigenvalue weighted by atomic mass is 9.88. The monoisotopic (exact) mass is 294 g/mol. The Balaban J connectivity index is 2.41. The van der Waals surface area contributed by atoms with Gasteiger partial charge >= 0.3 is 0 Å².